The number of nitrogens with one attached hydrogen (secondary N) is 1. The predicted molar refractivity (Wildman–Crippen MR) is 91.1 cm³/mol. The second-order valence-electron chi connectivity index (χ2n) is 6.53. The van der Waals surface area contributed by atoms with E-state index in [2.05, 4.69) is 5.32 Å². The summed E-state index contributed by atoms with van der Waals surface area (Å²) in [5, 5.41) is 2.31. The van der Waals surface area contributed by atoms with E-state index in [-0.39, 0.29) is 30.1 Å². The minimum Gasteiger partial charge on any atom is -0.490 e. The van der Waals surface area contributed by atoms with Crippen LogP contribution >= 0.6 is 0 Å². The molecule has 0 aliphatic carbocycles. The molecule has 5 heteroatoms. The van der Waals surface area contributed by atoms with E-state index in [1.807, 2.05) is 39.8 Å². The van der Waals surface area contributed by atoms with Crippen molar-refractivity contribution in [3.05, 3.63) is 28.8 Å². The molecule has 1 aliphatic rings. The molecule has 0 bridgehead atoms. The van der Waals surface area contributed by atoms with Crippen molar-refractivity contribution in [3.8, 4) is 5.75 Å². The molecule has 1 aliphatic heterocycles. The largest absolute Gasteiger partial charge is 0.490 e. The first kappa shape index (κ1) is 18.2. The minimum atomic E-state index is -0.435. The van der Waals surface area contributed by atoms with Crippen LogP contribution in [-0.4, -0.2) is 23.7 Å². The number of hydrogen-bond acceptors (Lipinski definition) is 4. The highest BCUT2D eigenvalue weighted by molar-refractivity contribution is 6.04. The van der Waals surface area contributed by atoms with Gasteiger partial charge in [0.15, 0.2) is 5.78 Å². The first-order valence-corrected chi connectivity index (χ1v) is 8.49. The van der Waals surface area contributed by atoms with E-state index in [0.29, 0.717) is 24.8 Å². The Bertz CT molecular complexity index is 664. The zero-order chi connectivity index (χ0) is 17.9. The molecule has 5 nitrogen and oxygen atoms in total. The first-order valence-electron chi connectivity index (χ1n) is 8.49. The fourth-order valence-corrected chi connectivity index (χ4v) is 3.02. The topological polar surface area (TPSA) is 72.5 Å². The van der Waals surface area contributed by atoms with Crippen LogP contribution in [0.15, 0.2) is 12.1 Å². The van der Waals surface area contributed by atoms with Crippen LogP contribution < -0.4 is 10.1 Å². The molecular formula is C19H25NO4. The normalized spacial score (nSPS) is 17.8. The standard InChI is InChI=1S/C19H25NO4/c1-5-14-15(8-6-12(4)18(14)24-11(2)3)16(21)10-13-7-9-17(22)20-19(13)23/h6,8,11,13H,5,7,9-10H2,1-4H3,(H,20,22,23). The molecule has 1 aromatic rings. The van der Waals surface area contributed by atoms with Crippen molar-refractivity contribution in [3.63, 3.8) is 0 Å². The molecular weight excluding hydrogens is 306 g/mol. The number of amides is 2. The zero-order valence-corrected chi connectivity index (χ0v) is 14.8. The molecule has 1 N–H and O–H groups in total. The van der Waals surface area contributed by atoms with Gasteiger partial charge >= 0.3 is 0 Å². The lowest BCUT2D eigenvalue weighted by atomic mass is 9.88. The van der Waals surface area contributed by atoms with Crippen molar-refractivity contribution in [1.29, 1.82) is 0 Å². The maximum Gasteiger partial charge on any atom is 0.230 e. The lowest BCUT2D eigenvalue weighted by molar-refractivity contribution is -0.136. The molecule has 2 rings (SSSR count). The number of ketones is 1. The molecule has 1 aromatic carbocycles. The lowest BCUT2D eigenvalue weighted by Gasteiger charge is -2.22. The van der Waals surface area contributed by atoms with E-state index < -0.39 is 5.92 Å². The average Bonchev–Trinajstić information content (AvgIpc) is 2.51. The number of rotatable bonds is 6. The highest BCUT2D eigenvalue weighted by Gasteiger charge is 2.29. The molecule has 1 fully saturated rings. The summed E-state index contributed by atoms with van der Waals surface area (Å²) in [6, 6.07) is 3.70. The quantitative estimate of drug-likeness (QED) is 0.642. The summed E-state index contributed by atoms with van der Waals surface area (Å²) in [4.78, 5) is 35.9. The Morgan fingerprint density at radius 2 is 2.04 bits per heavy atom. The fraction of sp³-hybridized carbons (Fsp3) is 0.526. The number of imide groups is 1. The van der Waals surface area contributed by atoms with Gasteiger partial charge in [0, 0.05) is 29.9 Å². The molecule has 130 valence electrons. The zero-order valence-electron chi connectivity index (χ0n) is 14.8. The molecule has 1 heterocycles. The van der Waals surface area contributed by atoms with Crippen molar-refractivity contribution in [2.45, 2.75) is 59.5 Å². The molecule has 0 radical (unpaired) electrons. The van der Waals surface area contributed by atoms with E-state index in [1.165, 1.54) is 0 Å². The van der Waals surface area contributed by atoms with Crippen LogP contribution in [0, 0.1) is 12.8 Å². The van der Waals surface area contributed by atoms with Gasteiger partial charge in [-0.2, -0.15) is 0 Å². The average molecular weight is 331 g/mol. The summed E-state index contributed by atoms with van der Waals surface area (Å²) < 4.78 is 5.91. The maximum absolute atomic E-state index is 12.7. The summed E-state index contributed by atoms with van der Waals surface area (Å²) in [7, 11) is 0. The summed E-state index contributed by atoms with van der Waals surface area (Å²) in [5.41, 5.74) is 2.50. The Balaban J connectivity index is 2.26. The summed E-state index contributed by atoms with van der Waals surface area (Å²) in [6.07, 6.45) is 1.55. The van der Waals surface area contributed by atoms with Crippen molar-refractivity contribution < 1.29 is 19.1 Å². The Kier molecular flexibility index (Phi) is 5.75. The van der Waals surface area contributed by atoms with E-state index in [9.17, 15) is 14.4 Å². The van der Waals surface area contributed by atoms with Crippen molar-refractivity contribution in [2.24, 2.45) is 5.92 Å². The van der Waals surface area contributed by atoms with Crippen LogP contribution in [0.5, 0.6) is 5.75 Å². The van der Waals surface area contributed by atoms with Gasteiger partial charge in [-0.25, -0.2) is 0 Å². The molecule has 24 heavy (non-hydrogen) atoms. The van der Waals surface area contributed by atoms with E-state index in [1.54, 1.807) is 0 Å². The minimum absolute atomic E-state index is 0.0227. The third-order valence-electron chi connectivity index (χ3n) is 4.25. The smallest absolute Gasteiger partial charge is 0.230 e. The highest BCUT2D eigenvalue weighted by Crippen LogP contribution is 2.30. The predicted octanol–water partition coefficient (Wildman–Crippen LogP) is 2.97. The first-order chi connectivity index (χ1) is 11.3. The van der Waals surface area contributed by atoms with Gasteiger partial charge in [-0.3, -0.25) is 19.7 Å². The van der Waals surface area contributed by atoms with Crippen LogP contribution in [-0.2, 0) is 16.0 Å². The van der Waals surface area contributed by atoms with Crippen molar-refractivity contribution in [1.82, 2.24) is 5.32 Å². The SMILES string of the molecule is CCc1c(C(=O)CC2CCC(=O)NC2=O)ccc(C)c1OC(C)C. The van der Waals surface area contributed by atoms with Gasteiger partial charge in [-0.15, -0.1) is 0 Å². The Hall–Kier alpha value is -2.17. The number of ether oxygens (including phenoxy) is 1. The summed E-state index contributed by atoms with van der Waals surface area (Å²) in [5.74, 6) is -0.350. The number of piperidine rings is 1. The Morgan fingerprint density at radius 1 is 1.33 bits per heavy atom. The van der Waals surface area contributed by atoms with E-state index in [0.717, 1.165) is 16.9 Å². The van der Waals surface area contributed by atoms with Gasteiger partial charge < -0.3 is 4.74 Å². The molecule has 1 saturated heterocycles. The second kappa shape index (κ2) is 7.60. The Morgan fingerprint density at radius 3 is 2.62 bits per heavy atom. The number of carbonyl (C=O) groups is 3. The van der Waals surface area contributed by atoms with Crippen LogP contribution in [0.1, 0.15) is 61.5 Å². The van der Waals surface area contributed by atoms with Crippen molar-refractivity contribution in [2.75, 3.05) is 0 Å². The number of benzene rings is 1. The van der Waals surface area contributed by atoms with Gasteiger partial charge in [-0.1, -0.05) is 19.1 Å². The van der Waals surface area contributed by atoms with Crippen LogP contribution in [0.4, 0.5) is 0 Å². The fourth-order valence-electron chi connectivity index (χ4n) is 3.02. The highest BCUT2D eigenvalue weighted by atomic mass is 16.5. The second-order valence-corrected chi connectivity index (χ2v) is 6.53. The molecule has 1 unspecified atom stereocenters. The molecule has 2 amide bonds. The number of carbonyl (C=O) groups excluding carboxylic acids is 3. The van der Waals surface area contributed by atoms with Gasteiger partial charge in [0.1, 0.15) is 5.75 Å². The van der Waals surface area contributed by atoms with E-state index in [4.69, 9.17) is 4.74 Å². The molecule has 1 atom stereocenters. The van der Waals surface area contributed by atoms with E-state index >= 15 is 0 Å². The van der Waals surface area contributed by atoms with Gasteiger partial charge in [0.2, 0.25) is 11.8 Å². The monoisotopic (exact) mass is 331 g/mol. The van der Waals surface area contributed by atoms with Gasteiger partial charge in [0.25, 0.3) is 0 Å². The Labute approximate surface area is 142 Å². The summed E-state index contributed by atoms with van der Waals surface area (Å²) >= 11 is 0. The van der Waals surface area contributed by atoms with Gasteiger partial charge in [-0.05, 0) is 39.2 Å². The molecule has 0 saturated carbocycles. The lowest BCUT2D eigenvalue weighted by Crippen LogP contribution is -2.41. The summed E-state index contributed by atoms with van der Waals surface area (Å²) in [6.45, 7) is 7.86. The van der Waals surface area contributed by atoms with Crippen molar-refractivity contribution >= 4 is 17.6 Å². The molecule has 0 aromatic heterocycles. The number of aryl methyl sites for hydroxylation is 1. The third-order valence-corrected chi connectivity index (χ3v) is 4.25. The van der Waals surface area contributed by atoms with Crippen LogP contribution in [0.3, 0.4) is 0 Å². The third kappa shape index (κ3) is 4.02. The van der Waals surface area contributed by atoms with Crippen LogP contribution in [0.25, 0.3) is 0 Å². The van der Waals surface area contributed by atoms with Crippen LogP contribution in [0.2, 0.25) is 0 Å². The molecule has 0 spiro atoms. The van der Waals surface area contributed by atoms with Gasteiger partial charge in [0.05, 0.1) is 6.10 Å². The number of Topliss-reactive ketones (excluding diaryl/α,β-unsaturated/α-hetero) is 1. The number of hydrogen-bond donors (Lipinski definition) is 1. The maximum atomic E-state index is 12.7.